The SMILES string of the molecule is COc1cc(C(=O)O)c(F)cc1NS(=O)(=O)c1csc(-c2ccc(C3=CCC(C)(C)CC3)cc2C)n1. The fourth-order valence-electron chi connectivity index (χ4n) is 4.11. The maximum Gasteiger partial charge on any atom is 0.338 e. The van der Waals surface area contributed by atoms with Gasteiger partial charge in [-0.2, -0.15) is 8.42 Å². The average molecular weight is 531 g/mol. The van der Waals surface area contributed by atoms with Gasteiger partial charge in [0.05, 0.1) is 18.4 Å². The fourth-order valence-corrected chi connectivity index (χ4v) is 6.36. The number of carboxylic acids is 1. The van der Waals surface area contributed by atoms with E-state index in [4.69, 9.17) is 9.84 Å². The van der Waals surface area contributed by atoms with Gasteiger partial charge in [0.1, 0.15) is 16.6 Å². The molecule has 190 valence electrons. The lowest BCUT2D eigenvalue weighted by atomic mass is 9.77. The molecule has 0 radical (unpaired) electrons. The number of aromatic carboxylic acids is 1. The fraction of sp³-hybridized carbons (Fsp3) is 0.308. The number of allylic oxidation sites excluding steroid dienone is 2. The Morgan fingerprint density at radius 1 is 1.25 bits per heavy atom. The van der Waals surface area contributed by atoms with Gasteiger partial charge in [0.15, 0.2) is 5.03 Å². The molecule has 3 aromatic rings. The van der Waals surface area contributed by atoms with Gasteiger partial charge in [-0.05, 0) is 54.4 Å². The van der Waals surface area contributed by atoms with Gasteiger partial charge >= 0.3 is 5.97 Å². The van der Waals surface area contributed by atoms with Gasteiger partial charge in [-0.15, -0.1) is 11.3 Å². The Kier molecular flexibility index (Phi) is 6.94. The van der Waals surface area contributed by atoms with Crippen LogP contribution in [0.4, 0.5) is 10.1 Å². The van der Waals surface area contributed by atoms with Crippen LogP contribution in [0.15, 0.2) is 46.8 Å². The number of ether oxygens (including phenoxy) is 1. The number of nitrogens with zero attached hydrogens (tertiary/aromatic N) is 1. The summed E-state index contributed by atoms with van der Waals surface area (Å²) in [7, 11) is -2.96. The largest absolute Gasteiger partial charge is 0.495 e. The molecule has 0 amide bonds. The van der Waals surface area contributed by atoms with Crippen LogP contribution in [0.25, 0.3) is 16.1 Å². The van der Waals surface area contributed by atoms with E-state index in [0.717, 1.165) is 48.1 Å². The zero-order valence-corrected chi connectivity index (χ0v) is 22.0. The minimum atomic E-state index is -4.19. The number of nitrogens with one attached hydrogen (secondary N) is 1. The van der Waals surface area contributed by atoms with E-state index < -0.39 is 27.4 Å². The highest BCUT2D eigenvalue weighted by Gasteiger charge is 2.25. The zero-order chi connectivity index (χ0) is 26.3. The Bertz CT molecular complexity index is 1480. The molecule has 2 aromatic carbocycles. The average Bonchev–Trinajstić information content (AvgIpc) is 3.30. The van der Waals surface area contributed by atoms with Crippen molar-refractivity contribution in [3.8, 4) is 16.3 Å². The number of anilines is 1. The molecule has 0 unspecified atom stereocenters. The number of methoxy groups -OCH3 is 1. The van der Waals surface area contributed by atoms with Gasteiger partial charge in [-0.1, -0.05) is 38.1 Å². The first-order valence-corrected chi connectivity index (χ1v) is 13.7. The van der Waals surface area contributed by atoms with Crippen LogP contribution in [-0.4, -0.2) is 31.6 Å². The van der Waals surface area contributed by atoms with Crippen LogP contribution in [0.5, 0.6) is 5.75 Å². The van der Waals surface area contributed by atoms with Crippen LogP contribution in [0.2, 0.25) is 0 Å². The summed E-state index contributed by atoms with van der Waals surface area (Å²) in [6.07, 6.45) is 5.50. The van der Waals surface area contributed by atoms with Crippen molar-refractivity contribution in [3.05, 3.63) is 64.3 Å². The third kappa shape index (κ3) is 5.29. The van der Waals surface area contributed by atoms with Crippen LogP contribution in [-0.2, 0) is 10.0 Å². The summed E-state index contributed by atoms with van der Waals surface area (Å²) in [6, 6.07) is 7.80. The van der Waals surface area contributed by atoms with Gasteiger partial charge in [0, 0.05) is 17.0 Å². The van der Waals surface area contributed by atoms with Crippen LogP contribution in [0.3, 0.4) is 0 Å². The minimum Gasteiger partial charge on any atom is -0.495 e. The normalized spacial score (nSPS) is 15.3. The lowest BCUT2D eigenvalue weighted by Crippen LogP contribution is -2.15. The molecular formula is C26H27FN2O5S2. The molecule has 1 aliphatic carbocycles. The summed E-state index contributed by atoms with van der Waals surface area (Å²) in [5.41, 5.74) is 3.77. The number of aromatic nitrogens is 1. The second kappa shape index (κ2) is 9.67. The number of thiazole rings is 1. The van der Waals surface area contributed by atoms with E-state index in [1.807, 2.05) is 19.1 Å². The Hall–Kier alpha value is -3.24. The third-order valence-corrected chi connectivity index (χ3v) is 8.60. The number of aryl methyl sites for hydroxylation is 1. The third-order valence-electron chi connectivity index (χ3n) is 6.32. The molecule has 0 fully saturated rings. The topological polar surface area (TPSA) is 106 Å². The molecule has 1 heterocycles. The quantitative estimate of drug-likeness (QED) is 0.368. The van der Waals surface area contributed by atoms with Crippen LogP contribution < -0.4 is 9.46 Å². The molecule has 4 rings (SSSR count). The predicted molar refractivity (Wildman–Crippen MR) is 139 cm³/mol. The smallest absolute Gasteiger partial charge is 0.338 e. The van der Waals surface area contributed by atoms with Crippen molar-refractivity contribution in [2.24, 2.45) is 5.41 Å². The summed E-state index contributed by atoms with van der Waals surface area (Å²) < 4.78 is 47.4. The molecule has 2 N–H and O–H groups in total. The summed E-state index contributed by atoms with van der Waals surface area (Å²) in [4.78, 5) is 15.5. The summed E-state index contributed by atoms with van der Waals surface area (Å²) in [5.74, 6) is -2.71. The number of hydrogen-bond acceptors (Lipinski definition) is 6. The van der Waals surface area contributed by atoms with Crippen LogP contribution in [0, 0.1) is 18.2 Å². The van der Waals surface area contributed by atoms with Crippen molar-refractivity contribution < 1.29 is 27.4 Å². The molecule has 0 saturated carbocycles. The van der Waals surface area contributed by atoms with Crippen LogP contribution >= 0.6 is 11.3 Å². The standard InChI is InChI=1S/C26H27FN2O5S2/c1-15-11-17(16-7-9-26(2,3)10-8-16)5-6-18(15)24-28-23(14-35-24)36(32,33)29-21-13-20(27)19(25(30)31)12-22(21)34-4/h5-7,11-14,29H,8-10H2,1-4H3,(H,30,31). The maximum absolute atomic E-state index is 14.2. The summed E-state index contributed by atoms with van der Waals surface area (Å²) in [6.45, 7) is 6.52. The monoisotopic (exact) mass is 530 g/mol. The molecule has 7 nitrogen and oxygen atoms in total. The molecule has 0 aliphatic heterocycles. The van der Waals surface area contributed by atoms with Gasteiger partial charge in [0.25, 0.3) is 10.0 Å². The second-order valence-corrected chi connectivity index (χ2v) is 12.0. The van der Waals surface area contributed by atoms with Crippen molar-refractivity contribution in [1.82, 2.24) is 4.98 Å². The van der Waals surface area contributed by atoms with Crippen molar-refractivity contribution in [1.29, 1.82) is 0 Å². The van der Waals surface area contributed by atoms with Gasteiger partial charge < -0.3 is 9.84 Å². The van der Waals surface area contributed by atoms with Crippen molar-refractivity contribution in [2.75, 3.05) is 11.8 Å². The Morgan fingerprint density at radius 2 is 2.00 bits per heavy atom. The number of hydrogen-bond donors (Lipinski definition) is 2. The lowest BCUT2D eigenvalue weighted by Gasteiger charge is -2.28. The number of halogens is 1. The Balaban J connectivity index is 1.59. The maximum atomic E-state index is 14.2. The molecule has 36 heavy (non-hydrogen) atoms. The molecule has 0 saturated heterocycles. The molecular weight excluding hydrogens is 503 g/mol. The number of benzene rings is 2. The van der Waals surface area contributed by atoms with E-state index >= 15 is 0 Å². The van der Waals surface area contributed by atoms with E-state index in [9.17, 15) is 17.6 Å². The van der Waals surface area contributed by atoms with E-state index in [-0.39, 0.29) is 16.5 Å². The second-order valence-electron chi connectivity index (χ2n) is 9.56. The predicted octanol–water partition coefficient (Wildman–Crippen LogP) is 6.36. The lowest BCUT2D eigenvalue weighted by molar-refractivity contribution is 0.0691. The van der Waals surface area contributed by atoms with Gasteiger partial charge in [-0.25, -0.2) is 14.2 Å². The first-order valence-electron chi connectivity index (χ1n) is 11.3. The van der Waals surface area contributed by atoms with E-state index in [1.54, 1.807) is 0 Å². The van der Waals surface area contributed by atoms with Crippen molar-refractivity contribution >= 4 is 38.6 Å². The van der Waals surface area contributed by atoms with Crippen LogP contribution in [0.1, 0.15) is 54.6 Å². The number of carboxylic acid groups (broad SMARTS) is 1. The molecule has 1 aromatic heterocycles. The van der Waals surface area contributed by atoms with Gasteiger partial charge in [0.2, 0.25) is 0 Å². The molecule has 0 bridgehead atoms. The highest BCUT2D eigenvalue weighted by molar-refractivity contribution is 7.92. The molecule has 10 heteroatoms. The number of rotatable bonds is 7. The number of sulfonamides is 1. The van der Waals surface area contributed by atoms with Crippen molar-refractivity contribution in [2.45, 2.75) is 45.1 Å². The molecule has 0 atom stereocenters. The Labute approximate surface area is 213 Å². The number of carbonyl (C=O) groups is 1. The van der Waals surface area contributed by atoms with E-state index in [0.29, 0.717) is 10.4 Å². The summed E-state index contributed by atoms with van der Waals surface area (Å²) >= 11 is 1.19. The Morgan fingerprint density at radius 3 is 2.61 bits per heavy atom. The minimum absolute atomic E-state index is 0.125. The summed E-state index contributed by atoms with van der Waals surface area (Å²) in [5, 5.41) is 10.8. The van der Waals surface area contributed by atoms with E-state index in [1.165, 1.54) is 29.4 Å². The zero-order valence-electron chi connectivity index (χ0n) is 20.4. The highest BCUT2D eigenvalue weighted by atomic mass is 32.2. The first kappa shape index (κ1) is 25.8. The van der Waals surface area contributed by atoms with E-state index in [2.05, 4.69) is 35.7 Å². The first-order chi connectivity index (χ1) is 16.9. The van der Waals surface area contributed by atoms with Crippen molar-refractivity contribution in [3.63, 3.8) is 0 Å². The molecule has 0 spiro atoms. The highest BCUT2D eigenvalue weighted by Crippen LogP contribution is 2.39. The van der Waals surface area contributed by atoms with Gasteiger partial charge in [-0.3, -0.25) is 4.72 Å². The molecule has 1 aliphatic rings.